The summed E-state index contributed by atoms with van der Waals surface area (Å²) < 4.78 is 0. The number of hydrogen-bond acceptors (Lipinski definition) is 3. The minimum absolute atomic E-state index is 0.00691. The number of hydrogen-bond donors (Lipinski definition) is 2. The molecule has 0 aromatic heterocycles. The smallest absolute Gasteiger partial charge is 0.335 e. The quantitative estimate of drug-likeness (QED) is 0.819. The van der Waals surface area contributed by atoms with E-state index in [1.165, 1.54) is 12.1 Å². The summed E-state index contributed by atoms with van der Waals surface area (Å²) in [6.07, 6.45) is 0.503. The Bertz CT molecular complexity index is 457. The summed E-state index contributed by atoms with van der Waals surface area (Å²) in [5, 5.41) is 17.8. The Balaban J connectivity index is 2.95. The molecule has 0 saturated heterocycles. The van der Waals surface area contributed by atoms with Gasteiger partial charge in [0.15, 0.2) is 0 Å². The van der Waals surface area contributed by atoms with Gasteiger partial charge < -0.3 is 15.1 Å². The highest BCUT2D eigenvalue weighted by atomic mass is 16.4. The summed E-state index contributed by atoms with van der Waals surface area (Å²) in [6.45, 7) is 4.24. The molecule has 2 N–H and O–H groups in total. The molecule has 0 spiro atoms. The van der Waals surface area contributed by atoms with E-state index in [0.29, 0.717) is 18.5 Å². The van der Waals surface area contributed by atoms with Crippen LogP contribution in [0.15, 0.2) is 24.3 Å². The maximum absolute atomic E-state index is 12.3. The van der Waals surface area contributed by atoms with Crippen LogP contribution in [-0.4, -0.2) is 46.2 Å². The summed E-state index contributed by atoms with van der Waals surface area (Å²) in [5.74, 6) is -1.27. The van der Waals surface area contributed by atoms with E-state index >= 15 is 0 Å². The van der Waals surface area contributed by atoms with Crippen molar-refractivity contribution in [1.29, 1.82) is 0 Å². The number of aliphatic hydroxyl groups excluding tert-OH is 1. The number of carboxylic acids is 1. The van der Waals surface area contributed by atoms with Gasteiger partial charge in [0.2, 0.25) is 0 Å². The minimum atomic E-state index is -1.05. The highest BCUT2D eigenvalue weighted by Crippen LogP contribution is 2.11. The molecule has 0 aliphatic carbocycles. The third-order valence-electron chi connectivity index (χ3n) is 2.80. The molecule has 1 aromatic rings. The molecule has 5 nitrogen and oxygen atoms in total. The summed E-state index contributed by atoms with van der Waals surface area (Å²) in [7, 11) is 0. The maximum atomic E-state index is 12.3. The van der Waals surface area contributed by atoms with Crippen LogP contribution in [0, 0.1) is 0 Å². The second-order valence-corrected chi connectivity index (χ2v) is 4.56. The van der Waals surface area contributed by atoms with Gasteiger partial charge in [-0.15, -0.1) is 0 Å². The molecule has 0 fully saturated rings. The van der Waals surface area contributed by atoms with E-state index in [4.69, 9.17) is 10.2 Å². The minimum Gasteiger partial charge on any atom is -0.478 e. The second-order valence-electron chi connectivity index (χ2n) is 4.56. The van der Waals surface area contributed by atoms with Crippen LogP contribution in [-0.2, 0) is 0 Å². The molecule has 1 rings (SSSR count). The number of amides is 1. The van der Waals surface area contributed by atoms with Crippen molar-refractivity contribution in [2.75, 3.05) is 13.2 Å². The second kappa shape index (κ2) is 6.89. The Labute approximate surface area is 112 Å². The van der Waals surface area contributed by atoms with E-state index in [1.54, 1.807) is 17.0 Å². The first-order valence-corrected chi connectivity index (χ1v) is 6.22. The third kappa shape index (κ3) is 4.06. The molecule has 0 unspecified atom stereocenters. The number of nitrogens with zero attached hydrogens (tertiary/aromatic N) is 1. The van der Waals surface area contributed by atoms with Gasteiger partial charge in [0.25, 0.3) is 5.91 Å². The molecule has 19 heavy (non-hydrogen) atoms. The van der Waals surface area contributed by atoms with Gasteiger partial charge in [-0.2, -0.15) is 0 Å². The predicted octanol–water partition coefficient (Wildman–Crippen LogP) is 1.62. The van der Waals surface area contributed by atoms with Crippen molar-refractivity contribution in [3.8, 4) is 0 Å². The zero-order valence-electron chi connectivity index (χ0n) is 11.2. The monoisotopic (exact) mass is 265 g/mol. The van der Waals surface area contributed by atoms with Gasteiger partial charge in [-0.25, -0.2) is 4.79 Å². The van der Waals surface area contributed by atoms with Crippen molar-refractivity contribution in [2.24, 2.45) is 0 Å². The van der Waals surface area contributed by atoms with Gasteiger partial charge in [0.1, 0.15) is 0 Å². The Kier molecular flexibility index (Phi) is 5.51. The normalized spacial score (nSPS) is 10.5. The van der Waals surface area contributed by atoms with E-state index in [1.807, 2.05) is 13.8 Å². The first-order chi connectivity index (χ1) is 8.97. The average molecular weight is 265 g/mol. The molecule has 0 radical (unpaired) electrons. The number of carbonyl (C=O) groups is 2. The molecule has 1 aromatic carbocycles. The van der Waals surface area contributed by atoms with Crippen LogP contribution in [0.3, 0.4) is 0 Å². The van der Waals surface area contributed by atoms with Gasteiger partial charge in [-0.3, -0.25) is 4.79 Å². The number of carbonyl (C=O) groups excluding carboxylic acids is 1. The average Bonchev–Trinajstić information content (AvgIpc) is 2.38. The molecule has 1 amide bonds. The van der Waals surface area contributed by atoms with E-state index in [9.17, 15) is 9.59 Å². The van der Waals surface area contributed by atoms with Gasteiger partial charge >= 0.3 is 5.97 Å². The first-order valence-electron chi connectivity index (χ1n) is 6.22. The summed E-state index contributed by atoms with van der Waals surface area (Å²) in [5.41, 5.74) is 0.447. The lowest BCUT2D eigenvalue weighted by molar-refractivity contribution is 0.0693. The molecule has 104 valence electrons. The van der Waals surface area contributed by atoms with Crippen molar-refractivity contribution in [1.82, 2.24) is 4.90 Å². The SMILES string of the molecule is CC(C)N(CCCO)C(=O)c1cccc(C(=O)O)c1. The zero-order valence-corrected chi connectivity index (χ0v) is 11.2. The Morgan fingerprint density at radius 1 is 1.26 bits per heavy atom. The number of aromatic carboxylic acids is 1. The lowest BCUT2D eigenvalue weighted by Gasteiger charge is -2.26. The van der Waals surface area contributed by atoms with Crippen LogP contribution in [0.1, 0.15) is 41.0 Å². The maximum Gasteiger partial charge on any atom is 0.335 e. The largest absolute Gasteiger partial charge is 0.478 e. The van der Waals surface area contributed by atoms with Crippen molar-refractivity contribution in [3.63, 3.8) is 0 Å². The van der Waals surface area contributed by atoms with E-state index in [2.05, 4.69) is 0 Å². The molecule has 5 heteroatoms. The van der Waals surface area contributed by atoms with Gasteiger partial charge in [0, 0.05) is 24.8 Å². The van der Waals surface area contributed by atoms with Crippen molar-refractivity contribution in [3.05, 3.63) is 35.4 Å². The number of rotatable bonds is 6. The fraction of sp³-hybridized carbons (Fsp3) is 0.429. The zero-order chi connectivity index (χ0) is 14.4. The molecular weight excluding hydrogens is 246 g/mol. The summed E-state index contributed by atoms with van der Waals surface area (Å²) in [4.78, 5) is 24.8. The number of aliphatic hydroxyl groups is 1. The molecule has 0 bridgehead atoms. The van der Waals surface area contributed by atoms with Gasteiger partial charge in [0.05, 0.1) is 5.56 Å². The lowest BCUT2D eigenvalue weighted by Crippen LogP contribution is -2.38. The molecular formula is C14H19NO4. The topological polar surface area (TPSA) is 77.8 Å². The van der Waals surface area contributed by atoms with Crippen LogP contribution in [0.25, 0.3) is 0 Å². The molecule has 0 aliphatic rings. The van der Waals surface area contributed by atoms with Crippen LogP contribution in [0.4, 0.5) is 0 Å². The Morgan fingerprint density at radius 3 is 2.42 bits per heavy atom. The van der Waals surface area contributed by atoms with E-state index in [-0.39, 0.29) is 24.1 Å². The van der Waals surface area contributed by atoms with Crippen LogP contribution in [0.5, 0.6) is 0 Å². The molecule has 0 aliphatic heterocycles. The molecule has 0 atom stereocenters. The van der Waals surface area contributed by atoms with Crippen LogP contribution >= 0.6 is 0 Å². The molecule has 0 heterocycles. The van der Waals surface area contributed by atoms with Crippen molar-refractivity contribution < 1.29 is 19.8 Å². The fourth-order valence-electron chi connectivity index (χ4n) is 1.79. The highest BCUT2D eigenvalue weighted by molar-refractivity contribution is 5.97. The van der Waals surface area contributed by atoms with Crippen molar-refractivity contribution >= 4 is 11.9 Å². The van der Waals surface area contributed by atoms with E-state index in [0.717, 1.165) is 0 Å². The van der Waals surface area contributed by atoms with Crippen molar-refractivity contribution in [2.45, 2.75) is 26.3 Å². The molecule has 0 saturated carbocycles. The first kappa shape index (κ1) is 15.2. The number of benzene rings is 1. The number of carboxylic acid groups (broad SMARTS) is 1. The van der Waals surface area contributed by atoms with Crippen LogP contribution in [0.2, 0.25) is 0 Å². The van der Waals surface area contributed by atoms with Gasteiger partial charge in [-0.05, 0) is 38.5 Å². The fourth-order valence-corrected chi connectivity index (χ4v) is 1.79. The standard InChI is InChI=1S/C14H19NO4/c1-10(2)15(7-4-8-16)13(17)11-5-3-6-12(9-11)14(18)19/h3,5-6,9-10,16H,4,7-8H2,1-2H3,(H,18,19). The highest BCUT2D eigenvalue weighted by Gasteiger charge is 2.19. The lowest BCUT2D eigenvalue weighted by atomic mass is 10.1. The Morgan fingerprint density at radius 2 is 1.89 bits per heavy atom. The van der Waals surface area contributed by atoms with Gasteiger partial charge in [-0.1, -0.05) is 6.07 Å². The third-order valence-corrected chi connectivity index (χ3v) is 2.80. The summed E-state index contributed by atoms with van der Waals surface area (Å²) in [6, 6.07) is 5.98. The predicted molar refractivity (Wildman–Crippen MR) is 71.3 cm³/mol. The summed E-state index contributed by atoms with van der Waals surface area (Å²) >= 11 is 0. The van der Waals surface area contributed by atoms with Crippen LogP contribution < -0.4 is 0 Å². The van der Waals surface area contributed by atoms with E-state index < -0.39 is 5.97 Å². The Hall–Kier alpha value is -1.88.